The lowest BCUT2D eigenvalue weighted by Gasteiger charge is -2.37. The summed E-state index contributed by atoms with van der Waals surface area (Å²) in [4.78, 5) is 25.8. The third-order valence-corrected chi connectivity index (χ3v) is 9.23. The van der Waals surface area contributed by atoms with Crippen LogP contribution in [0, 0.1) is 11.8 Å². The average molecular weight is 669 g/mol. The van der Waals surface area contributed by atoms with E-state index in [1.165, 1.54) is 5.56 Å². The van der Waals surface area contributed by atoms with E-state index in [2.05, 4.69) is 14.9 Å². The van der Waals surface area contributed by atoms with Crippen molar-refractivity contribution in [3.8, 4) is 0 Å². The molecule has 1 aromatic carbocycles. The first-order valence-electron chi connectivity index (χ1n) is 17.5. The highest BCUT2D eigenvalue weighted by Gasteiger charge is 2.39. The molecule has 1 aromatic rings. The highest BCUT2D eigenvalue weighted by Crippen LogP contribution is 2.36. The molecule has 2 fully saturated rings. The molecule has 2 aliphatic heterocycles. The fourth-order valence-corrected chi connectivity index (χ4v) is 6.51. The maximum Gasteiger partial charge on any atom is 0.254 e. The zero-order valence-electron chi connectivity index (χ0n) is 28.9. The Morgan fingerprint density at radius 3 is 2.58 bits per heavy atom. The van der Waals surface area contributed by atoms with Crippen LogP contribution in [-0.4, -0.2) is 124 Å². The Morgan fingerprint density at radius 2 is 1.85 bits per heavy atom. The molecule has 1 saturated carbocycles. The van der Waals surface area contributed by atoms with Gasteiger partial charge in [-0.3, -0.25) is 4.79 Å². The SMILES string of the molecule is CC(C)(C)N(C[C@H](O)COC1=NCN=C1N1CCOCC1)C(=O)CCC/C=C\C[C@@H]1[C@@H](/C=C/[C@@H](O)CCc2ccccc2)[C@H](O)C[C@@H]1O. The highest BCUT2D eigenvalue weighted by molar-refractivity contribution is 6.38. The number of carbonyl (C=O) groups excluding carboxylic acids is 1. The van der Waals surface area contributed by atoms with Gasteiger partial charge in [0.05, 0.1) is 38.1 Å². The van der Waals surface area contributed by atoms with Crippen LogP contribution in [0.1, 0.15) is 64.9 Å². The number of hydrogen-bond donors (Lipinski definition) is 4. The molecule has 6 atom stereocenters. The molecule has 11 nitrogen and oxygen atoms in total. The van der Waals surface area contributed by atoms with E-state index >= 15 is 0 Å². The normalized spacial score (nSPS) is 24.6. The van der Waals surface area contributed by atoms with E-state index in [1.54, 1.807) is 11.0 Å². The van der Waals surface area contributed by atoms with E-state index in [9.17, 15) is 25.2 Å². The molecule has 0 unspecified atom stereocenters. The van der Waals surface area contributed by atoms with E-state index in [0.717, 1.165) is 19.5 Å². The Balaban J connectivity index is 1.18. The average Bonchev–Trinajstić information content (AvgIpc) is 3.65. The second-order valence-electron chi connectivity index (χ2n) is 14.0. The van der Waals surface area contributed by atoms with Crippen molar-refractivity contribution in [1.82, 2.24) is 9.80 Å². The van der Waals surface area contributed by atoms with E-state index in [1.807, 2.05) is 69.3 Å². The smallest absolute Gasteiger partial charge is 0.254 e. The summed E-state index contributed by atoms with van der Waals surface area (Å²) < 4.78 is 11.3. The molecule has 0 bridgehead atoms. The number of hydrogen-bond acceptors (Lipinski definition) is 10. The minimum absolute atomic E-state index is 0.00926. The van der Waals surface area contributed by atoms with Crippen molar-refractivity contribution in [2.45, 2.75) is 95.7 Å². The van der Waals surface area contributed by atoms with Gasteiger partial charge in [0.25, 0.3) is 5.90 Å². The third kappa shape index (κ3) is 11.5. The lowest BCUT2D eigenvalue weighted by atomic mass is 9.89. The summed E-state index contributed by atoms with van der Waals surface area (Å²) in [7, 11) is 0. The minimum Gasteiger partial charge on any atom is -0.472 e. The van der Waals surface area contributed by atoms with Gasteiger partial charge in [-0.05, 0) is 64.4 Å². The number of aliphatic imine (C=N–C) groups is 2. The molecule has 2 heterocycles. The predicted molar refractivity (Wildman–Crippen MR) is 187 cm³/mol. The molecule has 1 aliphatic carbocycles. The van der Waals surface area contributed by atoms with Crippen molar-refractivity contribution in [2.75, 3.05) is 46.1 Å². The first-order valence-corrected chi connectivity index (χ1v) is 17.5. The predicted octanol–water partition coefficient (Wildman–Crippen LogP) is 3.12. The Kier molecular flexibility index (Phi) is 14.6. The van der Waals surface area contributed by atoms with Gasteiger partial charge in [-0.1, -0.05) is 54.6 Å². The van der Waals surface area contributed by atoms with E-state index < -0.39 is 30.0 Å². The van der Waals surface area contributed by atoms with E-state index in [4.69, 9.17) is 9.47 Å². The van der Waals surface area contributed by atoms with Crippen molar-refractivity contribution in [2.24, 2.45) is 21.8 Å². The van der Waals surface area contributed by atoms with Crippen LogP contribution >= 0.6 is 0 Å². The van der Waals surface area contributed by atoms with Gasteiger partial charge < -0.3 is 39.7 Å². The van der Waals surface area contributed by atoms with E-state index in [-0.39, 0.29) is 30.9 Å². The van der Waals surface area contributed by atoms with Gasteiger partial charge in [0.1, 0.15) is 19.4 Å². The van der Waals surface area contributed by atoms with Gasteiger partial charge in [0, 0.05) is 37.4 Å². The molecule has 0 spiro atoms. The number of benzene rings is 1. The second kappa shape index (κ2) is 18.6. The first kappa shape index (κ1) is 37.7. The van der Waals surface area contributed by atoms with Crippen molar-refractivity contribution >= 4 is 17.6 Å². The highest BCUT2D eigenvalue weighted by atomic mass is 16.5. The maximum atomic E-state index is 13.3. The van der Waals surface area contributed by atoms with Gasteiger partial charge in [-0.15, -0.1) is 0 Å². The Morgan fingerprint density at radius 1 is 1.10 bits per heavy atom. The van der Waals surface area contributed by atoms with Gasteiger partial charge in [-0.25, -0.2) is 9.98 Å². The van der Waals surface area contributed by atoms with Crippen LogP contribution in [0.3, 0.4) is 0 Å². The number of aryl methyl sites for hydroxylation is 1. The Hall–Kier alpha value is -3.09. The van der Waals surface area contributed by atoms with Crippen molar-refractivity contribution < 1.29 is 34.7 Å². The topological polar surface area (TPSA) is 148 Å². The molecule has 0 radical (unpaired) electrons. The van der Waals surface area contributed by atoms with Crippen LogP contribution in [0.2, 0.25) is 0 Å². The van der Waals surface area contributed by atoms with Crippen LogP contribution in [0.4, 0.5) is 0 Å². The molecular formula is C37H56N4O7. The number of amides is 1. The molecule has 11 heteroatoms. The van der Waals surface area contributed by atoms with Crippen LogP contribution in [0.15, 0.2) is 64.6 Å². The number of unbranched alkanes of at least 4 members (excludes halogenated alkanes) is 1. The number of aliphatic hydroxyl groups is 4. The summed E-state index contributed by atoms with van der Waals surface area (Å²) in [5, 5.41) is 42.5. The summed E-state index contributed by atoms with van der Waals surface area (Å²) in [6.45, 7) is 9.02. The van der Waals surface area contributed by atoms with Crippen LogP contribution in [0.25, 0.3) is 0 Å². The zero-order valence-corrected chi connectivity index (χ0v) is 28.9. The summed E-state index contributed by atoms with van der Waals surface area (Å²) in [5.41, 5.74) is 0.694. The lowest BCUT2D eigenvalue weighted by molar-refractivity contribution is -0.138. The minimum atomic E-state index is -0.887. The Labute approximate surface area is 285 Å². The number of nitrogens with zero attached hydrogens (tertiary/aromatic N) is 4. The molecule has 4 N–H and O–H groups in total. The number of rotatable bonds is 15. The number of ether oxygens (including phenoxy) is 2. The number of amidine groups is 1. The number of morpholine rings is 1. The summed E-state index contributed by atoms with van der Waals surface area (Å²) in [6.07, 6.45) is 8.87. The second-order valence-corrected chi connectivity index (χ2v) is 14.0. The standard InChI is InChI=1S/C37H56N4O7/c1-37(2,3)41(24-29(43)25-48-36-35(38-26-39-36)40-19-21-47-22-20-40)34(46)14-10-5-4-9-13-30-31(33(45)23-32(30)44)18-17-28(42)16-15-27-11-7-6-8-12-27/h4,6-9,11-12,17-18,28-33,42-45H,5,10,13-16,19-26H2,1-3H3/b9-4-,18-17+/t28-,29-,30+,31+,32-,33+/m0/s1. The van der Waals surface area contributed by atoms with Crippen molar-refractivity contribution in [1.29, 1.82) is 0 Å². The molecule has 0 aromatic heterocycles. The number of carbonyl (C=O) groups is 1. The zero-order chi connectivity index (χ0) is 34.5. The van der Waals surface area contributed by atoms with Gasteiger partial charge in [0.2, 0.25) is 5.91 Å². The summed E-state index contributed by atoms with van der Waals surface area (Å²) in [6, 6.07) is 10.0. The molecular weight excluding hydrogens is 612 g/mol. The van der Waals surface area contributed by atoms with Gasteiger partial charge >= 0.3 is 0 Å². The maximum absolute atomic E-state index is 13.3. The number of β-amino-alcohol motifs (C(OH)–C–C–N with tert-alkyl or cyclic N) is 1. The third-order valence-electron chi connectivity index (χ3n) is 9.23. The Bertz CT molecular complexity index is 1260. The fraction of sp³-hybridized carbons (Fsp3) is 0.649. The fourth-order valence-electron chi connectivity index (χ4n) is 6.51. The van der Waals surface area contributed by atoms with E-state index in [0.29, 0.717) is 70.1 Å². The van der Waals surface area contributed by atoms with Gasteiger partial charge in [0.15, 0.2) is 5.84 Å². The monoisotopic (exact) mass is 668 g/mol. The van der Waals surface area contributed by atoms with Crippen molar-refractivity contribution in [3.05, 3.63) is 60.2 Å². The number of allylic oxidation sites excluding steroid dienone is 2. The largest absolute Gasteiger partial charge is 0.472 e. The summed E-state index contributed by atoms with van der Waals surface area (Å²) >= 11 is 0. The molecule has 1 amide bonds. The molecule has 48 heavy (non-hydrogen) atoms. The lowest BCUT2D eigenvalue weighted by Crippen LogP contribution is -2.50. The molecule has 4 rings (SSSR count). The quantitative estimate of drug-likeness (QED) is 0.165. The molecule has 266 valence electrons. The van der Waals surface area contributed by atoms with Crippen molar-refractivity contribution in [3.63, 3.8) is 0 Å². The van der Waals surface area contributed by atoms with Crippen LogP contribution in [-0.2, 0) is 20.7 Å². The first-order chi connectivity index (χ1) is 23.0. The van der Waals surface area contributed by atoms with Crippen LogP contribution < -0.4 is 0 Å². The summed E-state index contributed by atoms with van der Waals surface area (Å²) in [5.74, 6) is 0.722. The van der Waals surface area contributed by atoms with Crippen LogP contribution in [0.5, 0.6) is 0 Å². The molecule has 1 saturated heterocycles. The molecule has 3 aliphatic rings. The van der Waals surface area contributed by atoms with Gasteiger partial charge in [-0.2, -0.15) is 0 Å². The number of aliphatic hydroxyl groups excluding tert-OH is 4.